The van der Waals surface area contributed by atoms with Crippen LogP contribution >= 0.6 is 0 Å². The van der Waals surface area contributed by atoms with E-state index in [1.54, 1.807) is 13.3 Å². The van der Waals surface area contributed by atoms with Crippen LogP contribution in [0.1, 0.15) is 11.6 Å². The Bertz CT molecular complexity index is 397. The van der Waals surface area contributed by atoms with E-state index in [4.69, 9.17) is 4.74 Å². The van der Waals surface area contributed by atoms with Gasteiger partial charge in [-0.25, -0.2) is 4.98 Å². The van der Waals surface area contributed by atoms with Crippen molar-refractivity contribution in [1.82, 2.24) is 9.55 Å². The van der Waals surface area contributed by atoms with Crippen molar-refractivity contribution in [3.8, 4) is 0 Å². The topological polar surface area (TPSA) is 27.1 Å². The third kappa shape index (κ3) is 2.70. The van der Waals surface area contributed by atoms with E-state index >= 15 is 0 Å². The van der Waals surface area contributed by atoms with Crippen LogP contribution in [0.15, 0.2) is 49.1 Å². The predicted octanol–water partition coefficient (Wildman–Crippen LogP) is 2.31. The van der Waals surface area contributed by atoms with E-state index in [0.29, 0.717) is 12.6 Å². The van der Waals surface area contributed by atoms with Crippen molar-refractivity contribution in [2.45, 2.75) is 12.5 Å². The molecule has 0 saturated heterocycles. The second-order valence-corrected chi connectivity index (χ2v) is 3.81. The molecule has 84 valence electrons. The molecule has 3 heteroatoms. The summed E-state index contributed by atoms with van der Waals surface area (Å²) in [6.45, 7) is 0.700. The van der Waals surface area contributed by atoms with E-state index in [1.807, 2.05) is 18.6 Å². The highest BCUT2D eigenvalue weighted by molar-refractivity contribution is 5.15. The molecule has 0 fully saturated rings. The van der Waals surface area contributed by atoms with Crippen LogP contribution in [-0.2, 0) is 11.2 Å². The van der Waals surface area contributed by atoms with Crippen molar-refractivity contribution in [2.24, 2.45) is 0 Å². The van der Waals surface area contributed by atoms with E-state index in [2.05, 4.69) is 33.8 Å². The zero-order valence-corrected chi connectivity index (χ0v) is 9.41. The number of hydrogen-bond donors (Lipinski definition) is 0. The normalized spacial score (nSPS) is 12.6. The summed E-state index contributed by atoms with van der Waals surface area (Å²) in [4.78, 5) is 4.07. The van der Waals surface area contributed by atoms with E-state index < -0.39 is 0 Å². The lowest BCUT2D eigenvalue weighted by molar-refractivity contribution is 0.155. The average molecular weight is 216 g/mol. The van der Waals surface area contributed by atoms with Gasteiger partial charge in [0.2, 0.25) is 0 Å². The van der Waals surface area contributed by atoms with Gasteiger partial charge < -0.3 is 9.30 Å². The van der Waals surface area contributed by atoms with Crippen LogP contribution < -0.4 is 0 Å². The smallest absolute Gasteiger partial charge is 0.0949 e. The Morgan fingerprint density at radius 2 is 2.12 bits per heavy atom. The molecule has 0 saturated carbocycles. The molecule has 1 unspecified atom stereocenters. The maximum atomic E-state index is 5.25. The van der Waals surface area contributed by atoms with Crippen molar-refractivity contribution in [1.29, 1.82) is 0 Å². The number of nitrogens with zero attached hydrogens (tertiary/aromatic N) is 2. The van der Waals surface area contributed by atoms with Gasteiger partial charge in [-0.05, 0) is 12.0 Å². The third-order valence-electron chi connectivity index (χ3n) is 2.62. The molecule has 0 bridgehead atoms. The van der Waals surface area contributed by atoms with Crippen LogP contribution in [0.3, 0.4) is 0 Å². The molecule has 0 N–H and O–H groups in total. The van der Waals surface area contributed by atoms with E-state index in [9.17, 15) is 0 Å². The van der Waals surface area contributed by atoms with Gasteiger partial charge in [-0.15, -0.1) is 0 Å². The van der Waals surface area contributed by atoms with Crippen LogP contribution in [-0.4, -0.2) is 23.3 Å². The number of methoxy groups -OCH3 is 1. The minimum absolute atomic E-state index is 0.315. The van der Waals surface area contributed by atoms with Crippen molar-refractivity contribution in [3.63, 3.8) is 0 Å². The first kappa shape index (κ1) is 10.9. The fourth-order valence-electron chi connectivity index (χ4n) is 1.81. The average Bonchev–Trinajstić information content (AvgIpc) is 2.83. The molecule has 0 aliphatic rings. The molecule has 1 aromatic heterocycles. The number of aromatic nitrogens is 2. The molecule has 0 spiro atoms. The zero-order valence-electron chi connectivity index (χ0n) is 9.41. The van der Waals surface area contributed by atoms with Gasteiger partial charge in [-0.1, -0.05) is 30.3 Å². The number of ether oxygens (including phenoxy) is 1. The lowest BCUT2D eigenvalue weighted by atomic mass is 10.1. The SMILES string of the molecule is COCC(Cc1ccccc1)n1ccnc1. The fraction of sp³-hybridized carbons (Fsp3) is 0.308. The Morgan fingerprint density at radius 3 is 2.75 bits per heavy atom. The molecule has 16 heavy (non-hydrogen) atoms. The summed E-state index contributed by atoms with van der Waals surface area (Å²) in [5.41, 5.74) is 1.32. The quantitative estimate of drug-likeness (QED) is 0.767. The molecule has 1 aromatic carbocycles. The van der Waals surface area contributed by atoms with Gasteiger partial charge in [-0.3, -0.25) is 0 Å². The fourth-order valence-corrected chi connectivity index (χ4v) is 1.81. The highest BCUT2D eigenvalue weighted by Gasteiger charge is 2.10. The molecule has 3 nitrogen and oxygen atoms in total. The van der Waals surface area contributed by atoms with Crippen molar-refractivity contribution >= 4 is 0 Å². The Morgan fingerprint density at radius 1 is 1.31 bits per heavy atom. The first-order valence-corrected chi connectivity index (χ1v) is 5.40. The van der Waals surface area contributed by atoms with Gasteiger partial charge in [0.1, 0.15) is 0 Å². The van der Waals surface area contributed by atoms with Crippen LogP contribution in [0.4, 0.5) is 0 Å². The maximum Gasteiger partial charge on any atom is 0.0949 e. The lowest BCUT2D eigenvalue weighted by Crippen LogP contribution is -2.15. The van der Waals surface area contributed by atoms with Crippen LogP contribution in [0, 0.1) is 0 Å². The predicted molar refractivity (Wildman–Crippen MR) is 63.3 cm³/mol. The van der Waals surface area contributed by atoms with Gasteiger partial charge in [0.05, 0.1) is 19.0 Å². The van der Waals surface area contributed by atoms with Gasteiger partial charge in [0.25, 0.3) is 0 Å². The second-order valence-electron chi connectivity index (χ2n) is 3.81. The molecule has 1 atom stereocenters. The highest BCUT2D eigenvalue weighted by Crippen LogP contribution is 2.14. The molecule has 1 heterocycles. The van der Waals surface area contributed by atoms with Gasteiger partial charge in [-0.2, -0.15) is 0 Å². The summed E-state index contributed by atoms with van der Waals surface area (Å²) < 4.78 is 7.35. The molecule has 0 aliphatic carbocycles. The first-order chi connectivity index (χ1) is 7.90. The Kier molecular flexibility index (Phi) is 3.72. The third-order valence-corrected chi connectivity index (χ3v) is 2.62. The summed E-state index contributed by atoms with van der Waals surface area (Å²) in [6, 6.07) is 10.8. The number of hydrogen-bond acceptors (Lipinski definition) is 2. The lowest BCUT2D eigenvalue weighted by Gasteiger charge is -2.17. The minimum atomic E-state index is 0.315. The molecule has 0 amide bonds. The van der Waals surface area contributed by atoms with Crippen LogP contribution in [0.25, 0.3) is 0 Å². The number of imidazole rings is 1. The molecular weight excluding hydrogens is 200 g/mol. The molecule has 0 aliphatic heterocycles. The van der Waals surface area contributed by atoms with Crippen molar-refractivity contribution in [2.75, 3.05) is 13.7 Å². The van der Waals surface area contributed by atoms with Crippen molar-refractivity contribution in [3.05, 3.63) is 54.6 Å². The Balaban J connectivity index is 2.09. The summed E-state index contributed by atoms with van der Waals surface area (Å²) >= 11 is 0. The number of benzene rings is 1. The summed E-state index contributed by atoms with van der Waals surface area (Å²) in [5.74, 6) is 0. The van der Waals surface area contributed by atoms with E-state index in [1.165, 1.54) is 5.56 Å². The standard InChI is InChI=1S/C13H16N2O/c1-16-10-13(15-8-7-14-11-15)9-12-5-3-2-4-6-12/h2-8,11,13H,9-10H2,1H3. The van der Waals surface area contributed by atoms with Crippen LogP contribution in [0.2, 0.25) is 0 Å². The minimum Gasteiger partial charge on any atom is -0.383 e. The molecule has 2 rings (SSSR count). The van der Waals surface area contributed by atoms with E-state index in [-0.39, 0.29) is 0 Å². The van der Waals surface area contributed by atoms with Crippen molar-refractivity contribution < 1.29 is 4.74 Å². The molecule has 0 radical (unpaired) electrons. The zero-order chi connectivity index (χ0) is 11.2. The largest absolute Gasteiger partial charge is 0.383 e. The maximum absolute atomic E-state index is 5.25. The number of rotatable bonds is 5. The molecule has 2 aromatic rings. The van der Waals surface area contributed by atoms with Gasteiger partial charge in [0, 0.05) is 19.5 Å². The van der Waals surface area contributed by atoms with Gasteiger partial charge in [0.15, 0.2) is 0 Å². The summed E-state index contributed by atoms with van der Waals surface area (Å²) in [5, 5.41) is 0. The Labute approximate surface area is 95.7 Å². The van der Waals surface area contributed by atoms with E-state index in [0.717, 1.165) is 6.42 Å². The van der Waals surface area contributed by atoms with Gasteiger partial charge >= 0.3 is 0 Å². The summed E-state index contributed by atoms with van der Waals surface area (Å²) in [7, 11) is 1.73. The Hall–Kier alpha value is -1.61. The monoisotopic (exact) mass is 216 g/mol. The van der Waals surface area contributed by atoms with Crippen LogP contribution in [0.5, 0.6) is 0 Å². The highest BCUT2D eigenvalue weighted by atomic mass is 16.5. The second kappa shape index (κ2) is 5.47. The molecular formula is C13H16N2O. The first-order valence-electron chi connectivity index (χ1n) is 5.40. The summed E-state index contributed by atoms with van der Waals surface area (Å²) in [6.07, 6.45) is 6.58.